The molecule has 5 heteroatoms. The minimum absolute atomic E-state index is 0.0470. The Balaban J connectivity index is 1.81. The Kier molecular flexibility index (Phi) is 3.78. The molecule has 1 aliphatic rings. The van der Waals surface area contributed by atoms with Crippen LogP contribution in [0.15, 0.2) is 42.5 Å². The molecule has 0 fully saturated rings. The molecule has 0 aliphatic carbocycles. The van der Waals surface area contributed by atoms with Gasteiger partial charge in [0, 0.05) is 11.3 Å². The second-order valence-electron chi connectivity index (χ2n) is 4.98. The molecule has 112 valence electrons. The molecule has 2 aromatic rings. The van der Waals surface area contributed by atoms with Crippen molar-refractivity contribution >= 4 is 23.2 Å². The van der Waals surface area contributed by atoms with Gasteiger partial charge >= 0.3 is 0 Å². The number of nitrogens with one attached hydrogen (secondary N) is 2. The predicted octanol–water partition coefficient (Wildman–Crippen LogP) is 2.83. The highest BCUT2D eigenvalue weighted by molar-refractivity contribution is 6.07. The van der Waals surface area contributed by atoms with Crippen LogP contribution < -0.4 is 15.4 Å². The summed E-state index contributed by atoms with van der Waals surface area (Å²) < 4.78 is 5.49. The molecule has 0 atom stereocenters. The van der Waals surface area contributed by atoms with Crippen molar-refractivity contribution in [3.05, 3.63) is 53.6 Å². The Bertz CT molecular complexity index is 740. The van der Waals surface area contributed by atoms with Crippen LogP contribution in [0.25, 0.3) is 0 Å². The fraction of sp³-hybridized carbons (Fsp3) is 0.176. The van der Waals surface area contributed by atoms with Gasteiger partial charge in [0.15, 0.2) is 0 Å². The van der Waals surface area contributed by atoms with Crippen molar-refractivity contribution in [1.29, 1.82) is 0 Å². The molecule has 2 aromatic carbocycles. The van der Waals surface area contributed by atoms with Crippen LogP contribution in [0.4, 0.5) is 11.4 Å². The van der Waals surface area contributed by atoms with Crippen LogP contribution >= 0.6 is 0 Å². The lowest BCUT2D eigenvalue weighted by Crippen LogP contribution is -2.13. The third-order valence-corrected chi connectivity index (χ3v) is 3.43. The standard InChI is InChI=1S/C17H16N2O3/c1-2-22-15-6-4-3-5-14(15)19-17(21)11-7-8-13-12(9-11)10-16(20)18-13/h3-9H,2,10H2,1H3,(H,18,20)(H,19,21). The van der Waals surface area contributed by atoms with Gasteiger partial charge in [-0.1, -0.05) is 12.1 Å². The molecule has 2 amide bonds. The smallest absolute Gasteiger partial charge is 0.255 e. The summed E-state index contributed by atoms with van der Waals surface area (Å²) in [5.74, 6) is 0.361. The topological polar surface area (TPSA) is 67.4 Å². The van der Waals surface area contributed by atoms with E-state index in [4.69, 9.17) is 4.74 Å². The highest BCUT2D eigenvalue weighted by Gasteiger charge is 2.19. The third kappa shape index (κ3) is 2.79. The van der Waals surface area contributed by atoms with Crippen molar-refractivity contribution in [2.45, 2.75) is 13.3 Å². The first-order valence-corrected chi connectivity index (χ1v) is 7.13. The van der Waals surface area contributed by atoms with Gasteiger partial charge in [0.1, 0.15) is 5.75 Å². The lowest BCUT2D eigenvalue weighted by atomic mass is 10.1. The fourth-order valence-electron chi connectivity index (χ4n) is 2.42. The zero-order chi connectivity index (χ0) is 15.5. The van der Waals surface area contributed by atoms with Crippen LogP contribution in [0, 0.1) is 0 Å². The number of carbonyl (C=O) groups is 2. The van der Waals surface area contributed by atoms with Crippen molar-refractivity contribution in [3.8, 4) is 5.75 Å². The third-order valence-electron chi connectivity index (χ3n) is 3.43. The Morgan fingerprint density at radius 2 is 2.09 bits per heavy atom. The molecule has 3 rings (SSSR count). The van der Waals surface area contributed by atoms with E-state index in [-0.39, 0.29) is 11.8 Å². The molecule has 0 spiro atoms. The van der Waals surface area contributed by atoms with E-state index in [9.17, 15) is 9.59 Å². The van der Waals surface area contributed by atoms with Gasteiger partial charge in [-0.2, -0.15) is 0 Å². The maximum Gasteiger partial charge on any atom is 0.255 e. The Hall–Kier alpha value is -2.82. The highest BCUT2D eigenvalue weighted by atomic mass is 16.5. The number of fused-ring (bicyclic) bond motifs is 1. The minimum atomic E-state index is -0.227. The minimum Gasteiger partial charge on any atom is -0.492 e. The molecule has 5 nitrogen and oxygen atoms in total. The summed E-state index contributed by atoms with van der Waals surface area (Å²) in [6.07, 6.45) is 0.311. The van der Waals surface area contributed by atoms with E-state index in [1.807, 2.05) is 25.1 Å². The number of rotatable bonds is 4. The largest absolute Gasteiger partial charge is 0.492 e. The van der Waals surface area contributed by atoms with Crippen molar-refractivity contribution in [1.82, 2.24) is 0 Å². The van der Waals surface area contributed by atoms with Crippen molar-refractivity contribution in [2.75, 3.05) is 17.2 Å². The van der Waals surface area contributed by atoms with Crippen molar-refractivity contribution < 1.29 is 14.3 Å². The van der Waals surface area contributed by atoms with E-state index in [0.29, 0.717) is 30.0 Å². The molecule has 2 N–H and O–H groups in total. The summed E-state index contributed by atoms with van der Waals surface area (Å²) in [6.45, 7) is 2.42. The monoisotopic (exact) mass is 296 g/mol. The number of hydrogen-bond donors (Lipinski definition) is 2. The summed E-state index contributed by atoms with van der Waals surface area (Å²) in [4.78, 5) is 23.7. The molecule has 0 radical (unpaired) electrons. The maximum atomic E-state index is 12.4. The van der Waals surface area contributed by atoms with Crippen LogP contribution in [0.1, 0.15) is 22.8 Å². The quantitative estimate of drug-likeness (QED) is 0.911. The molecule has 0 bridgehead atoms. The summed E-state index contributed by atoms with van der Waals surface area (Å²) in [5.41, 5.74) is 2.76. The van der Waals surface area contributed by atoms with E-state index in [0.717, 1.165) is 11.3 Å². The van der Waals surface area contributed by atoms with Crippen LogP contribution in [-0.4, -0.2) is 18.4 Å². The number of anilines is 2. The Morgan fingerprint density at radius 3 is 2.91 bits per heavy atom. The average molecular weight is 296 g/mol. The van der Waals surface area contributed by atoms with Gasteiger partial charge in [0.25, 0.3) is 5.91 Å². The Labute approximate surface area is 128 Å². The van der Waals surface area contributed by atoms with Crippen LogP contribution in [0.3, 0.4) is 0 Å². The summed E-state index contributed by atoms with van der Waals surface area (Å²) >= 11 is 0. The maximum absolute atomic E-state index is 12.4. The number of ether oxygens (including phenoxy) is 1. The molecule has 0 saturated heterocycles. The number of hydrogen-bond acceptors (Lipinski definition) is 3. The average Bonchev–Trinajstić information content (AvgIpc) is 2.88. The van der Waals surface area contributed by atoms with Gasteiger partial charge in [-0.3, -0.25) is 9.59 Å². The highest BCUT2D eigenvalue weighted by Crippen LogP contribution is 2.26. The van der Waals surface area contributed by atoms with E-state index < -0.39 is 0 Å². The normalized spacial score (nSPS) is 12.5. The summed E-state index contributed by atoms with van der Waals surface area (Å²) in [7, 11) is 0. The zero-order valence-corrected chi connectivity index (χ0v) is 12.2. The fourth-order valence-corrected chi connectivity index (χ4v) is 2.42. The van der Waals surface area contributed by atoms with E-state index in [2.05, 4.69) is 10.6 Å². The summed E-state index contributed by atoms with van der Waals surface area (Å²) in [5, 5.41) is 5.59. The first kappa shape index (κ1) is 14.1. The van der Waals surface area contributed by atoms with E-state index in [1.165, 1.54) is 0 Å². The Morgan fingerprint density at radius 1 is 1.27 bits per heavy atom. The van der Waals surface area contributed by atoms with Crippen LogP contribution in [-0.2, 0) is 11.2 Å². The van der Waals surface area contributed by atoms with Crippen molar-refractivity contribution in [3.63, 3.8) is 0 Å². The van der Waals surface area contributed by atoms with Gasteiger partial charge in [-0.05, 0) is 42.8 Å². The van der Waals surface area contributed by atoms with Crippen molar-refractivity contribution in [2.24, 2.45) is 0 Å². The second kappa shape index (κ2) is 5.89. The first-order valence-electron chi connectivity index (χ1n) is 7.13. The van der Waals surface area contributed by atoms with E-state index >= 15 is 0 Å². The lowest BCUT2D eigenvalue weighted by Gasteiger charge is -2.11. The predicted molar refractivity (Wildman–Crippen MR) is 84.3 cm³/mol. The number of amides is 2. The number of benzene rings is 2. The first-order chi connectivity index (χ1) is 10.7. The molecule has 1 heterocycles. The number of carbonyl (C=O) groups excluding carboxylic acids is 2. The zero-order valence-electron chi connectivity index (χ0n) is 12.2. The van der Waals surface area contributed by atoms with Gasteiger partial charge in [-0.25, -0.2) is 0 Å². The molecule has 0 saturated carbocycles. The number of para-hydroxylation sites is 2. The van der Waals surface area contributed by atoms with Gasteiger partial charge in [0.05, 0.1) is 18.7 Å². The molecule has 1 aliphatic heterocycles. The molecular formula is C17H16N2O3. The van der Waals surface area contributed by atoms with E-state index in [1.54, 1.807) is 24.3 Å². The molecule has 0 unspecified atom stereocenters. The van der Waals surface area contributed by atoms with Crippen LogP contribution in [0.2, 0.25) is 0 Å². The van der Waals surface area contributed by atoms with Gasteiger partial charge < -0.3 is 15.4 Å². The molecule has 0 aromatic heterocycles. The van der Waals surface area contributed by atoms with Gasteiger partial charge in [-0.15, -0.1) is 0 Å². The molecular weight excluding hydrogens is 280 g/mol. The second-order valence-corrected chi connectivity index (χ2v) is 4.98. The lowest BCUT2D eigenvalue weighted by molar-refractivity contribution is -0.115. The van der Waals surface area contributed by atoms with Gasteiger partial charge in [0.2, 0.25) is 5.91 Å². The molecule has 22 heavy (non-hydrogen) atoms. The SMILES string of the molecule is CCOc1ccccc1NC(=O)c1ccc2c(c1)CC(=O)N2. The summed E-state index contributed by atoms with van der Waals surface area (Å²) in [6, 6.07) is 12.5. The van der Waals surface area contributed by atoms with Crippen LogP contribution in [0.5, 0.6) is 5.75 Å².